The first-order chi connectivity index (χ1) is 11.2. The zero-order valence-electron chi connectivity index (χ0n) is 12.9. The van der Waals surface area contributed by atoms with E-state index in [1.807, 2.05) is 24.1 Å². The standard InChI is InChI=1S/C18H15N5/c1-22-10-14(12-5-3-4-6-16(12)22)15-7-13-17-11(9-20-23(17)2)8-19-18(13)21-15/h3-10H,1-2H3,(H,19,21). The lowest BCUT2D eigenvalue weighted by Gasteiger charge is -1.94. The summed E-state index contributed by atoms with van der Waals surface area (Å²) >= 11 is 0. The molecule has 0 bridgehead atoms. The second kappa shape index (κ2) is 4.23. The highest BCUT2D eigenvalue weighted by atomic mass is 15.2. The Kier molecular flexibility index (Phi) is 2.29. The fraction of sp³-hybridized carbons (Fsp3) is 0.111. The molecule has 0 atom stereocenters. The summed E-state index contributed by atoms with van der Waals surface area (Å²) in [5, 5.41) is 7.74. The number of pyridine rings is 1. The van der Waals surface area contributed by atoms with Crippen molar-refractivity contribution in [2.75, 3.05) is 0 Å². The minimum atomic E-state index is 0.893. The monoisotopic (exact) mass is 301 g/mol. The van der Waals surface area contributed by atoms with E-state index < -0.39 is 0 Å². The molecule has 5 nitrogen and oxygen atoms in total. The molecule has 0 saturated heterocycles. The van der Waals surface area contributed by atoms with Gasteiger partial charge >= 0.3 is 0 Å². The van der Waals surface area contributed by atoms with E-state index >= 15 is 0 Å². The van der Waals surface area contributed by atoms with E-state index in [0.717, 1.165) is 27.6 Å². The molecule has 0 unspecified atom stereocenters. The summed E-state index contributed by atoms with van der Waals surface area (Å²) in [5.41, 5.74) is 5.50. The smallest absolute Gasteiger partial charge is 0.139 e. The topological polar surface area (TPSA) is 51.4 Å². The van der Waals surface area contributed by atoms with Gasteiger partial charge in [-0.3, -0.25) is 4.68 Å². The predicted octanol–water partition coefficient (Wildman–Crippen LogP) is 3.61. The molecule has 0 spiro atoms. The third-order valence-corrected chi connectivity index (χ3v) is 4.54. The van der Waals surface area contributed by atoms with Gasteiger partial charge < -0.3 is 9.55 Å². The number of H-pyrrole nitrogens is 1. The third-order valence-electron chi connectivity index (χ3n) is 4.54. The normalized spacial score (nSPS) is 11.9. The molecule has 5 heteroatoms. The van der Waals surface area contributed by atoms with Gasteiger partial charge in [-0.2, -0.15) is 5.10 Å². The lowest BCUT2D eigenvalue weighted by Crippen LogP contribution is -1.89. The van der Waals surface area contributed by atoms with Gasteiger partial charge in [0.25, 0.3) is 0 Å². The van der Waals surface area contributed by atoms with Gasteiger partial charge in [-0.1, -0.05) is 18.2 Å². The predicted molar refractivity (Wildman–Crippen MR) is 92.3 cm³/mol. The molecule has 4 heterocycles. The van der Waals surface area contributed by atoms with Crippen molar-refractivity contribution in [3.05, 3.63) is 48.9 Å². The van der Waals surface area contributed by atoms with Crippen molar-refractivity contribution in [3.8, 4) is 11.3 Å². The third kappa shape index (κ3) is 1.61. The second-order valence-electron chi connectivity index (χ2n) is 5.95. The molecular formula is C18H15N5. The molecule has 0 aliphatic heterocycles. The van der Waals surface area contributed by atoms with Crippen molar-refractivity contribution in [3.63, 3.8) is 0 Å². The molecule has 5 rings (SSSR count). The summed E-state index contributed by atoms with van der Waals surface area (Å²) in [6, 6.07) is 10.6. The largest absolute Gasteiger partial charge is 0.350 e. The van der Waals surface area contributed by atoms with Gasteiger partial charge in [0.05, 0.1) is 11.7 Å². The molecule has 0 amide bonds. The highest BCUT2D eigenvalue weighted by Crippen LogP contribution is 2.33. The van der Waals surface area contributed by atoms with Crippen LogP contribution in [0, 0.1) is 0 Å². The first-order valence-electron chi connectivity index (χ1n) is 7.56. The van der Waals surface area contributed by atoms with Gasteiger partial charge in [0.1, 0.15) is 5.65 Å². The first-order valence-corrected chi connectivity index (χ1v) is 7.56. The van der Waals surface area contributed by atoms with Gasteiger partial charge in [0.2, 0.25) is 0 Å². The summed E-state index contributed by atoms with van der Waals surface area (Å²) in [6.45, 7) is 0. The Morgan fingerprint density at radius 1 is 1.04 bits per heavy atom. The van der Waals surface area contributed by atoms with Gasteiger partial charge in [-0.25, -0.2) is 4.98 Å². The van der Waals surface area contributed by atoms with Crippen LogP contribution in [0.4, 0.5) is 0 Å². The molecule has 4 aromatic heterocycles. The van der Waals surface area contributed by atoms with Crippen LogP contribution < -0.4 is 0 Å². The molecular weight excluding hydrogens is 286 g/mol. The van der Waals surface area contributed by atoms with Gasteiger partial charge in [-0.05, 0) is 12.1 Å². The fourth-order valence-corrected chi connectivity index (χ4v) is 3.44. The van der Waals surface area contributed by atoms with Crippen LogP contribution in [0.3, 0.4) is 0 Å². The van der Waals surface area contributed by atoms with Crippen molar-refractivity contribution in [1.82, 2.24) is 24.3 Å². The molecule has 5 aromatic rings. The number of hydrogen-bond donors (Lipinski definition) is 1. The first kappa shape index (κ1) is 12.5. The second-order valence-corrected chi connectivity index (χ2v) is 5.95. The molecule has 1 aromatic carbocycles. The van der Waals surface area contributed by atoms with E-state index in [2.05, 4.69) is 63.2 Å². The van der Waals surface area contributed by atoms with Crippen LogP contribution in [0.25, 0.3) is 44.1 Å². The van der Waals surface area contributed by atoms with E-state index in [1.54, 1.807) is 0 Å². The zero-order chi connectivity index (χ0) is 15.6. The highest BCUT2D eigenvalue weighted by molar-refractivity contribution is 6.06. The molecule has 112 valence electrons. The number of aryl methyl sites for hydroxylation is 2. The van der Waals surface area contributed by atoms with E-state index in [4.69, 9.17) is 0 Å². The number of aromatic nitrogens is 5. The van der Waals surface area contributed by atoms with Crippen LogP contribution in [0.1, 0.15) is 0 Å². The number of benzene rings is 1. The van der Waals surface area contributed by atoms with E-state index in [0.29, 0.717) is 0 Å². The molecule has 1 N–H and O–H groups in total. The van der Waals surface area contributed by atoms with E-state index in [-0.39, 0.29) is 0 Å². The number of rotatable bonds is 1. The van der Waals surface area contributed by atoms with Crippen molar-refractivity contribution in [2.45, 2.75) is 0 Å². The SMILES string of the molecule is Cn1cc(-c2cc3c(ncc4cnn(C)c43)[nH]2)c2ccccc21. The quantitative estimate of drug-likeness (QED) is 0.514. The van der Waals surface area contributed by atoms with Crippen LogP contribution in [-0.2, 0) is 14.1 Å². The summed E-state index contributed by atoms with van der Waals surface area (Å²) < 4.78 is 4.06. The lowest BCUT2D eigenvalue weighted by atomic mass is 10.1. The molecule has 0 fully saturated rings. The van der Waals surface area contributed by atoms with Crippen LogP contribution in [0.2, 0.25) is 0 Å². The number of nitrogens with zero attached hydrogens (tertiary/aromatic N) is 4. The molecule has 0 aliphatic carbocycles. The fourth-order valence-electron chi connectivity index (χ4n) is 3.44. The Labute approximate surface area is 132 Å². The summed E-state index contributed by atoms with van der Waals surface area (Å²) in [4.78, 5) is 8.00. The maximum Gasteiger partial charge on any atom is 0.139 e. The number of aromatic amines is 1. The number of fused-ring (bicyclic) bond motifs is 4. The van der Waals surface area contributed by atoms with Gasteiger partial charge in [0, 0.05) is 59.4 Å². The zero-order valence-corrected chi connectivity index (χ0v) is 12.9. The van der Waals surface area contributed by atoms with E-state index in [9.17, 15) is 0 Å². The Morgan fingerprint density at radius 2 is 1.91 bits per heavy atom. The molecule has 0 aliphatic rings. The number of nitrogens with one attached hydrogen (secondary N) is 1. The lowest BCUT2D eigenvalue weighted by molar-refractivity contribution is 0.799. The van der Waals surface area contributed by atoms with Gasteiger partial charge in [-0.15, -0.1) is 0 Å². The maximum atomic E-state index is 4.54. The maximum absolute atomic E-state index is 4.54. The molecule has 0 radical (unpaired) electrons. The van der Waals surface area contributed by atoms with Crippen LogP contribution in [-0.4, -0.2) is 24.3 Å². The number of hydrogen-bond acceptors (Lipinski definition) is 2. The van der Waals surface area contributed by atoms with Crippen molar-refractivity contribution < 1.29 is 0 Å². The number of para-hydroxylation sites is 1. The van der Waals surface area contributed by atoms with Crippen LogP contribution in [0.15, 0.2) is 48.9 Å². The summed E-state index contributed by atoms with van der Waals surface area (Å²) in [6.07, 6.45) is 5.89. The molecule has 23 heavy (non-hydrogen) atoms. The summed E-state index contributed by atoms with van der Waals surface area (Å²) in [7, 11) is 4.04. The van der Waals surface area contributed by atoms with Crippen LogP contribution >= 0.6 is 0 Å². The van der Waals surface area contributed by atoms with Crippen molar-refractivity contribution in [1.29, 1.82) is 0 Å². The van der Waals surface area contributed by atoms with E-state index in [1.165, 1.54) is 16.5 Å². The Morgan fingerprint density at radius 3 is 2.83 bits per heavy atom. The van der Waals surface area contributed by atoms with Gasteiger partial charge in [0.15, 0.2) is 0 Å². The van der Waals surface area contributed by atoms with Crippen LogP contribution in [0.5, 0.6) is 0 Å². The average Bonchev–Trinajstić information content (AvgIpc) is 3.23. The Hall–Kier alpha value is -3.08. The van der Waals surface area contributed by atoms with Crippen molar-refractivity contribution in [2.24, 2.45) is 14.1 Å². The highest BCUT2D eigenvalue weighted by Gasteiger charge is 2.14. The average molecular weight is 301 g/mol. The Bertz CT molecular complexity index is 1190. The summed E-state index contributed by atoms with van der Waals surface area (Å²) in [5.74, 6) is 0. The Balaban J connectivity index is 1.86. The van der Waals surface area contributed by atoms with Crippen molar-refractivity contribution >= 4 is 32.8 Å². The molecule has 0 saturated carbocycles. The minimum Gasteiger partial charge on any atom is -0.350 e. The minimum absolute atomic E-state index is 0.893.